The van der Waals surface area contributed by atoms with Crippen molar-refractivity contribution in [2.24, 2.45) is 13.0 Å². The minimum atomic E-state index is -0.566. The molecule has 194 valence electrons. The second-order valence-electron chi connectivity index (χ2n) is 9.63. The average Bonchev–Trinajstić information content (AvgIpc) is 3.29. The Kier molecular flexibility index (Phi) is 7.59. The number of aromatic hydroxyl groups is 1. The number of carbonyl (C=O) groups is 1. The predicted octanol–water partition coefficient (Wildman–Crippen LogP) is 5.06. The summed E-state index contributed by atoms with van der Waals surface area (Å²) in [6.45, 7) is 3.81. The van der Waals surface area contributed by atoms with Gasteiger partial charge in [0.1, 0.15) is 17.4 Å². The summed E-state index contributed by atoms with van der Waals surface area (Å²) < 4.78 is 16.4. The number of rotatable bonds is 7. The van der Waals surface area contributed by atoms with Crippen molar-refractivity contribution in [3.05, 3.63) is 76.1 Å². The SMILES string of the molecule is CC1CCN(c2cc(-c3cc(F)cc(-c4ccc(N(C=O)/C=C\N(C)C)c(Cl)c4)c3O)cc(=O)n2C)C1. The summed E-state index contributed by atoms with van der Waals surface area (Å²) in [7, 11) is 5.36. The van der Waals surface area contributed by atoms with E-state index in [0.29, 0.717) is 29.1 Å². The van der Waals surface area contributed by atoms with E-state index < -0.39 is 5.82 Å². The minimum absolute atomic E-state index is 0.168. The Hall–Kier alpha value is -3.78. The van der Waals surface area contributed by atoms with Crippen LogP contribution < -0.4 is 15.4 Å². The van der Waals surface area contributed by atoms with Crippen molar-refractivity contribution in [1.29, 1.82) is 0 Å². The molecule has 1 saturated heterocycles. The first-order chi connectivity index (χ1) is 17.6. The normalized spacial score (nSPS) is 15.4. The molecule has 1 aliphatic heterocycles. The number of anilines is 2. The zero-order chi connectivity index (χ0) is 26.9. The number of halogens is 2. The van der Waals surface area contributed by atoms with E-state index in [-0.39, 0.29) is 27.5 Å². The Bertz CT molecular complexity index is 1420. The first-order valence-electron chi connectivity index (χ1n) is 12.0. The van der Waals surface area contributed by atoms with E-state index in [2.05, 4.69) is 11.8 Å². The van der Waals surface area contributed by atoms with Gasteiger partial charge in [-0.2, -0.15) is 0 Å². The third kappa shape index (κ3) is 5.49. The van der Waals surface area contributed by atoms with Crippen LogP contribution in [0.15, 0.2) is 59.7 Å². The maximum absolute atomic E-state index is 14.8. The zero-order valence-electron chi connectivity index (χ0n) is 21.3. The van der Waals surface area contributed by atoms with Crippen molar-refractivity contribution in [1.82, 2.24) is 9.47 Å². The number of phenolic OH excluding ortho intramolecular Hbond substituents is 1. The van der Waals surface area contributed by atoms with E-state index in [0.717, 1.165) is 25.3 Å². The topological polar surface area (TPSA) is 69.0 Å². The fourth-order valence-corrected chi connectivity index (χ4v) is 4.80. The molecule has 0 bridgehead atoms. The Balaban J connectivity index is 1.78. The van der Waals surface area contributed by atoms with Crippen molar-refractivity contribution in [2.45, 2.75) is 13.3 Å². The van der Waals surface area contributed by atoms with E-state index in [1.54, 1.807) is 47.1 Å². The Morgan fingerprint density at radius 3 is 2.38 bits per heavy atom. The van der Waals surface area contributed by atoms with Gasteiger partial charge in [-0.05, 0) is 53.8 Å². The summed E-state index contributed by atoms with van der Waals surface area (Å²) in [5, 5.41) is 11.5. The average molecular weight is 525 g/mol. The van der Waals surface area contributed by atoms with Crippen molar-refractivity contribution >= 4 is 29.5 Å². The van der Waals surface area contributed by atoms with E-state index in [1.165, 1.54) is 23.1 Å². The molecule has 37 heavy (non-hydrogen) atoms. The fourth-order valence-electron chi connectivity index (χ4n) is 4.52. The van der Waals surface area contributed by atoms with Gasteiger partial charge in [0.25, 0.3) is 5.56 Å². The molecule has 1 aliphatic rings. The molecule has 2 aromatic carbocycles. The summed E-state index contributed by atoms with van der Waals surface area (Å²) in [6, 6.07) is 10.5. The van der Waals surface area contributed by atoms with Gasteiger partial charge >= 0.3 is 0 Å². The number of benzene rings is 2. The monoisotopic (exact) mass is 524 g/mol. The van der Waals surface area contributed by atoms with Crippen molar-refractivity contribution in [3.8, 4) is 28.0 Å². The number of hydrogen-bond acceptors (Lipinski definition) is 5. The van der Waals surface area contributed by atoms with E-state index in [1.807, 2.05) is 20.2 Å². The lowest BCUT2D eigenvalue weighted by Crippen LogP contribution is -2.28. The first kappa shape index (κ1) is 26.3. The second kappa shape index (κ2) is 10.7. The van der Waals surface area contributed by atoms with Crippen LogP contribution in [0.1, 0.15) is 13.3 Å². The van der Waals surface area contributed by atoms with Gasteiger partial charge in [-0.3, -0.25) is 19.1 Å². The number of aromatic nitrogens is 1. The third-order valence-electron chi connectivity index (χ3n) is 6.55. The number of amides is 1. The van der Waals surface area contributed by atoms with Gasteiger partial charge in [-0.1, -0.05) is 24.6 Å². The fraction of sp³-hybridized carbons (Fsp3) is 0.286. The number of carbonyl (C=O) groups excluding carboxylic acids is 1. The molecule has 4 rings (SSSR count). The Morgan fingerprint density at radius 2 is 1.78 bits per heavy atom. The van der Waals surface area contributed by atoms with Gasteiger partial charge in [-0.15, -0.1) is 0 Å². The summed E-state index contributed by atoms with van der Waals surface area (Å²) in [5.74, 6) is 0.501. The van der Waals surface area contributed by atoms with Gasteiger partial charge in [0.15, 0.2) is 0 Å². The highest BCUT2D eigenvalue weighted by molar-refractivity contribution is 6.34. The maximum Gasteiger partial charge on any atom is 0.252 e. The lowest BCUT2D eigenvalue weighted by molar-refractivity contribution is -0.106. The Morgan fingerprint density at radius 1 is 1.08 bits per heavy atom. The maximum atomic E-state index is 14.8. The third-order valence-corrected chi connectivity index (χ3v) is 6.85. The lowest BCUT2D eigenvalue weighted by atomic mass is 9.97. The number of hydrogen-bond donors (Lipinski definition) is 1. The van der Waals surface area contributed by atoms with E-state index >= 15 is 0 Å². The molecule has 3 aromatic rings. The molecular weight excluding hydrogens is 495 g/mol. The van der Waals surface area contributed by atoms with Crippen LogP contribution in [0, 0.1) is 11.7 Å². The van der Waals surface area contributed by atoms with E-state index in [4.69, 9.17) is 11.6 Å². The van der Waals surface area contributed by atoms with Crippen LogP contribution in [-0.4, -0.2) is 48.2 Å². The summed E-state index contributed by atoms with van der Waals surface area (Å²) in [6.07, 6.45) is 4.93. The molecule has 1 aromatic heterocycles. The molecule has 1 unspecified atom stereocenters. The number of phenols is 1. The highest BCUT2D eigenvalue weighted by Gasteiger charge is 2.23. The Labute approximate surface area is 220 Å². The van der Waals surface area contributed by atoms with Crippen LogP contribution in [0.25, 0.3) is 22.3 Å². The van der Waals surface area contributed by atoms with Gasteiger partial charge < -0.3 is 14.9 Å². The molecule has 1 fully saturated rings. The molecule has 1 atom stereocenters. The highest BCUT2D eigenvalue weighted by atomic mass is 35.5. The predicted molar refractivity (Wildman–Crippen MR) is 147 cm³/mol. The molecule has 2 heterocycles. The molecule has 0 radical (unpaired) electrons. The minimum Gasteiger partial charge on any atom is -0.507 e. The molecule has 9 heteroatoms. The highest BCUT2D eigenvalue weighted by Crippen LogP contribution is 2.41. The molecule has 0 spiro atoms. The molecule has 0 saturated carbocycles. The van der Waals surface area contributed by atoms with Crippen LogP contribution in [0.3, 0.4) is 0 Å². The number of pyridine rings is 1. The standard InChI is InChI=1S/C28H30ClFN4O3/c1-18-7-8-33(16-18)26-12-20(13-27(36)32(26)4)23-15-21(30)14-22(28(23)37)19-5-6-25(24(29)11-19)34(17-35)10-9-31(2)3/h5-6,9-15,17-18,37H,7-8,16H2,1-4H3/b10-9-. The first-order valence-corrected chi connectivity index (χ1v) is 12.3. The lowest BCUT2D eigenvalue weighted by Gasteiger charge is -2.22. The summed E-state index contributed by atoms with van der Waals surface area (Å²) >= 11 is 6.49. The zero-order valence-corrected chi connectivity index (χ0v) is 22.0. The van der Waals surface area contributed by atoms with Crippen LogP contribution in [0.2, 0.25) is 5.02 Å². The van der Waals surface area contributed by atoms with Crippen molar-refractivity contribution in [2.75, 3.05) is 37.0 Å². The van der Waals surface area contributed by atoms with Crippen LogP contribution in [0.4, 0.5) is 15.9 Å². The van der Waals surface area contributed by atoms with Gasteiger partial charge in [0, 0.05) is 63.8 Å². The van der Waals surface area contributed by atoms with Crippen LogP contribution in [0.5, 0.6) is 5.75 Å². The van der Waals surface area contributed by atoms with E-state index in [9.17, 15) is 19.1 Å². The largest absolute Gasteiger partial charge is 0.507 e. The van der Waals surface area contributed by atoms with Crippen molar-refractivity contribution in [3.63, 3.8) is 0 Å². The van der Waals surface area contributed by atoms with Crippen LogP contribution in [-0.2, 0) is 11.8 Å². The van der Waals surface area contributed by atoms with Gasteiger partial charge in [-0.25, -0.2) is 4.39 Å². The quantitative estimate of drug-likeness (QED) is 0.438. The summed E-state index contributed by atoms with van der Waals surface area (Å²) in [4.78, 5) is 29.6. The van der Waals surface area contributed by atoms with Crippen molar-refractivity contribution < 1.29 is 14.3 Å². The smallest absolute Gasteiger partial charge is 0.252 e. The molecule has 7 nitrogen and oxygen atoms in total. The molecule has 1 N–H and O–H groups in total. The van der Waals surface area contributed by atoms with Gasteiger partial charge in [0.2, 0.25) is 6.41 Å². The molecule has 1 amide bonds. The molecular formula is C28H30ClFN4O3. The van der Waals surface area contributed by atoms with Gasteiger partial charge in [0.05, 0.1) is 10.7 Å². The van der Waals surface area contributed by atoms with Crippen LogP contribution >= 0.6 is 11.6 Å². The molecule has 0 aliphatic carbocycles. The number of nitrogens with zero attached hydrogens (tertiary/aromatic N) is 4. The summed E-state index contributed by atoms with van der Waals surface area (Å²) in [5.41, 5.74) is 1.52. The second-order valence-corrected chi connectivity index (χ2v) is 10.0.